The van der Waals surface area contributed by atoms with Crippen LogP contribution < -0.4 is 5.73 Å². The maximum absolute atomic E-state index is 5.80. The zero-order valence-electron chi connectivity index (χ0n) is 8.38. The number of nitrogen functional groups attached to an aromatic ring is 1. The third kappa shape index (κ3) is 1.30. The average Bonchev–Trinajstić information content (AvgIpc) is 2.83. The van der Waals surface area contributed by atoms with Crippen molar-refractivity contribution >= 4 is 16.7 Å². The summed E-state index contributed by atoms with van der Waals surface area (Å²) >= 11 is 0. The first-order valence-corrected chi connectivity index (χ1v) is 4.84. The molecule has 1 aromatic carbocycles. The highest BCUT2D eigenvalue weighted by molar-refractivity contribution is 5.91. The minimum atomic E-state index is 0.496. The summed E-state index contributed by atoms with van der Waals surface area (Å²) in [6, 6.07) is 5.88. The number of rotatable bonds is 1. The molecule has 3 aromatic rings. The standard InChI is InChI=1S/C11H9N5/c12-11-9-3-7(8-4-15-16-5-8)1-2-10(9)13-6-14-11/h1-6H,(H,15,16)(H2,12,13,14). The molecule has 16 heavy (non-hydrogen) atoms. The zero-order valence-corrected chi connectivity index (χ0v) is 8.38. The van der Waals surface area contributed by atoms with E-state index in [4.69, 9.17) is 5.73 Å². The van der Waals surface area contributed by atoms with Crippen LogP contribution in [0, 0.1) is 0 Å². The number of nitrogens with one attached hydrogen (secondary N) is 1. The van der Waals surface area contributed by atoms with Gasteiger partial charge in [0.05, 0.1) is 11.7 Å². The molecule has 78 valence electrons. The van der Waals surface area contributed by atoms with E-state index in [0.717, 1.165) is 22.0 Å². The molecule has 0 atom stereocenters. The van der Waals surface area contributed by atoms with Crippen LogP contribution >= 0.6 is 0 Å². The van der Waals surface area contributed by atoms with E-state index in [1.165, 1.54) is 6.33 Å². The SMILES string of the molecule is Nc1ncnc2ccc(-c3cn[nH]c3)cc12. The molecule has 0 saturated heterocycles. The number of aromatic nitrogens is 4. The van der Waals surface area contributed by atoms with Crippen LogP contribution in [0.3, 0.4) is 0 Å². The maximum Gasteiger partial charge on any atom is 0.134 e. The number of benzene rings is 1. The van der Waals surface area contributed by atoms with Gasteiger partial charge in [0.2, 0.25) is 0 Å². The van der Waals surface area contributed by atoms with E-state index < -0.39 is 0 Å². The van der Waals surface area contributed by atoms with Gasteiger partial charge in [-0.1, -0.05) is 6.07 Å². The lowest BCUT2D eigenvalue weighted by atomic mass is 10.1. The van der Waals surface area contributed by atoms with Crippen molar-refractivity contribution in [3.05, 3.63) is 36.9 Å². The van der Waals surface area contributed by atoms with Crippen molar-refractivity contribution < 1.29 is 0 Å². The lowest BCUT2D eigenvalue weighted by Gasteiger charge is -2.02. The van der Waals surface area contributed by atoms with E-state index in [9.17, 15) is 0 Å². The van der Waals surface area contributed by atoms with Crippen molar-refractivity contribution in [3.63, 3.8) is 0 Å². The van der Waals surface area contributed by atoms with Crippen molar-refractivity contribution in [2.75, 3.05) is 5.73 Å². The van der Waals surface area contributed by atoms with E-state index in [2.05, 4.69) is 20.2 Å². The van der Waals surface area contributed by atoms with Crippen LogP contribution in [0.15, 0.2) is 36.9 Å². The highest BCUT2D eigenvalue weighted by Crippen LogP contribution is 2.24. The first-order chi connectivity index (χ1) is 7.84. The second-order valence-electron chi connectivity index (χ2n) is 3.48. The summed E-state index contributed by atoms with van der Waals surface area (Å²) in [6.45, 7) is 0. The quantitative estimate of drug-likeness (QED) is 0.640. The highest BCUT2D eigenvalue weighted by atomic mass is 15.1. The van der Waals surface area contributed by atoms with Crippen LogP contribution in [0.25, 0.3) is 22.0 Å². The third-order valence-corrected chi connectivity index (χ3v) is 2.50. The van der Waals surface area contributed by atoms with Crippen molar-refractivity contribution in [2.45, 2.75) is 0 Å². The van der Waals surface area contributed by atoms with Gasteiger partial charge in [-0.3, -0.25) is 5.10 Å². The summed E-state index contributed by atoms with van der Waals surface area (Å²) < 4.78 is 0. The normalized spacial score (nSPS) is 10.8. The Hall–Kier alpha value is -2.43. The second-order valence-corrected chi connectivity index (χ2v) is 3.48. The lowest BCUT2D eigenvalue weighted by molar-refractivity contribution is 1.09. The summed E-state index contributed by atoms with van der Waals surface area (Å²) in [5, 5.41) is 7.55. The Balaban J connectivity index is 2.27. The third-order valence-electron chi connectivity index (χ3n) is 2.50. The summed E-state index contributed by atoms with van der Waals surface area (Å²) in [7, 11) is 0. The van der Waals surface area contributed by atoms with Crippen LogP contribution in [0.1, 0.15) is 0 Å². The van der Waals surface area contributed by atoms with Gasteiger partial charge in [0.15, 0.2) is 0 Å². The van der Waals surface area contributed by atoms with Gasteiger partial charge in [0.1, 0.15) is 12.1 Å². The predicted octanol–water partition coefficient (Wildman–Crippen LogP) is 1.60. The Bertz CT molecular complexity index is 630. The molecule has 3 N–H and O–H groups in total. The minimum Gasteiger partial charge on any atom is -0.383 e. The lowest BCUT2D eigenvalue weighted by Crippen LogP contribution is -1.93. The molecule has 0 spiro atoms. The van der Waals surface area contributed by atoms with Gasteiger partial charge >= 0.3 is 0 Å². The van der Waals surface area contributed by atoms with Crippen molar-refractivity contribution in [1.82, 2.24) is 20.2 Å². The van der Waals surface area contributed by atoms with Crippen LogP contribution in [0.4, 0.5) is 5.82 Å². The summed E-state index contributed by atoms with van der Waals surface area (Å²) in [5.74, 6) is 0.496. The molecular weight excluding hydrogens is 202 g/mol. The molecule has 0 aliphatic rings. The summed E-state index contributed by atoms with van der Waals surface area (Å²) in [6.07, 6.45) is 5.07. The summed E-state index contributed by atoms with van der Waals surface area (Å²) in [5.41, 5.74) is 8.71. The van der Waals surface area contributed by atoms with E-state index in [0.29, 0.717) is 5.82 Å². The van der Waals surface area contributed by atoms with Crippen LogP contribution in [-0.2, 0) is 0 Å². The van der Waals surface area contributed by atoms with Crippen LogP contribution in [0.5, 0.6) is 0 Å². The molecule has 0 aliphatic heterocycles. The van der Waals surface area contributed by atoms with Crippen molar-refractivity contribution in [1.29, 1.82) is 0 Å². The molecule has 2 aromatic heterocycles. The fourth-order valence-corrected chi connectivity index (χ4v) is 1.66. The number of H-pyrrole nitrogens is 1. The molecule has 0 saturated carbocycles. The number of fused-ring (bicyclic) bond motifs is 1. The number of hydrogen-bond donors (Lipinski definition) is 2. The number of nitrogens with zero attached hydrogens (tertiary/aromatic N) is 3. The maximum atomic E-state index is 5.80. The molecule has 3 rings (SSSR count). The highest BCUT2D eigenvalue weighted by Gasteiger charge is 2.03. The Labute approximate surface area is 91.3 Å². The predicted molar refractivity (Wildman–Crippen MR) is 61.5 cm³/mol. The molecule has 5 heteroatoms. The second kappa shape index (κ2) is 3.30. The van der Waals surface area contributed by atoms with Gasteiger partial charge < -0.3 is 5.73 Å². The molecular formula is C11H9N5. The smallest absolute Gasteiger partial charge is 0.134 e. The molecule has 0 unspecified atom stereocenters. The molecule has 0 fully saturated rings. The number of nitrogens with two attached hydrogens (primary N) is 1. The van der Waals surface area contributed by atoms with Gasteiger partial charge in [0.25, 0.3) is 0 Å². The van der Waals surface area contributed by atoms with Crippen LogP contribution in [0.2, 0.25) is 0 Å². The van der Waals surface area contributed by atoms with E-state index >= 15 is 0 Å². The fraction of sp³-hybridized carbons (Fsp3) is 0. The Morgan fingerprint density at radius 1 is 1.12 bits per heavy atom. The molecule has 0 bridgehead atoms. The molecule has 2 heterocycles. The molecule has 0 radical (unpaired) electrons. The fourth-order valence-electron chi connectivity index (χ4n) is 1.66. The summed E-state index contributed by atoms with van der Waals surface area (Å²) in [4.78, 5) is 8.12. The molecule has 5 nitrogen and oxygen atoms in total. The monoisotopic (exact) mass is 211 g/mol. The van der Waals surface area contributed by atoms with E-state index in [1.807, 2.05) is 24.4 Å². The Morgan fingerprint density at radius 3 is 2.88 bits per heavy atom. The van der Waals surface area contributed by atoms with Crippen LogP contribution in [-0.4, -0.2) is 20.2 Å². The molecule has 0 aliphatic carbocycles. The van der Waals surface area contributed by atoms with Gasteiger partial charge in [-0.05, 0) is 17.7 Å². The number of aromatic amines is 1. The number of anilines is 1. The largest absolute Gasteiger partial charge is 0.383 e. The van der Waals surface area contributed by atoms with E-state index in [1.54, 1.807) is 6.20 Å². The average molecular weight is 211 g/mol. The Morgan fingerprint density at radius 2 is 2.06 bits per heavy atom. The van der Waals surface area contributed by atoms with Gasteiger partial charge in [-0.2, -0.15) is 5.10 Å². The first kappa shape index (κ1) is 8.84. The van der Waals surface area contributed by atoms with Gasteiger partial charge in [-0.25, -0.2) is 9.97 Å². The minimum absolute atomic E-state index is 0.496. The van der Waals surface area contributed by atoms with Gasteiger partial charge in [-0.15, -0.1) is 0 Å². The Kier molecular flexibility index (Phi) is 1.83. The molecule has 0 amide bonds. The van der Waals surface area contributed by atoms with Crippen molar-refractivity contribution in [2.24, 2.45) is 0 Å². The van der Waals surface area contributed by atoms with Crippen molar-refractivity contribution in [3.8, 4) is 11.1 Å². The van der Waals surface area contributed by atoms with Gasteiger partial charge in [0, 0.05) is 17.1 Å². The number of hydrogen-bond acceptors (Lipinski definition) is 4. The zero-order chi connectivity index (χ0) is 11.0. The first-order valence-electron chi connectivity index (χ1n) is 4.84. The van der Waals surface area contributed by atoms with E-state index in [-0.39, 0.29) is 0 Å². The topological polar surface area (TPSA) is 80.5 Å².